The Labute approximate surface area is 129 Å². The molecule has 2 heterocycles. The molecule has 1 atom stereocenters. The second-order valence-electron chi connectivity index (χ2n) is 6.27. The lowest BCUT2D eigenvalue weighted by molar-refractivity contribution is 0.192. The summed E-state index contributed by atoms with van der Waals surface area (Å²) in [6.45, 7) is 11.0. The summed E-state index contributed by atoms with van der Waals surface area (Å²) < 4.78 is 0. The number of likely N-dealkylation sites (N-methyl/N-ethyl adjacent to an activating group) is 1. The third-order valence-electron chi connectivity index (χ3n) is 4.19. The normalized spacial score (nSPS) is 21.4. The van der Waals surface area contributed by atoms with Crippen LogP contribution in [-0.2, 0) is 13.1 Å². The number of aromatic nitrogens is 1. The van der Waals surface area contributed by atoms with Crippen molar-refractivity contribution in [2.24, 2.45) is 0 Å². The number of hydrogen-bond acceptors (Lipinski definition) is 4. The minimum absolute atomic E-state index is 0.602. The molecule has 1 aromatic rings. The zero-order chi connectivity index (χ0) is 15.1. The van der Waals surface area contributed by atoms with Crippen LogP contribution in [0.2, 0.25) is 0 Å². The van der Waals surface area contributed by atoms with Crippen LogP contribution >= 0.6 is 0 Å². The van der Waals surface area contributed by atoms with Gasteiger partial charge in [0.2, 0.25) is 0 Å². The van der Waals surface area contributed by atoms with Crippen LogP contribution in [0.4, 0.5) is 0 Å². The van der Waals surface area contributed by atoms with Crippen molar-refractivity contribution in [2.45, 2.75) is 45.8 Å². The Morgan fingerprint density at radius 1 is 1.33 bits per heavy atom. The number of rotatable bonds is 6. The minimum Gasteiger partial charge on any atom is -0.313 e. The van der Waals surface area contributed by atoms with Crippen molar-refractivity contribution < 1.29 is 0 Å². The van der Waals surface area contributed by atoms with E-state index in [1.165, 1.54) is 37.2 Å². The molecule has 21 heavy (non-hydrogen) atoms. The van der Waals surface area contributed by atoms with Crippen molar-refractivity contribution in [3.8, 4) is 0 Å². The van der Waals surface area contributed by atoms with Crippen molar-refractivity contribution in [2.75, 3.05) is 33.2 Å². The zero-order valence-corrected chi connectivity index (χ0v) is 13.8. The molecule has 1 saturated heterocycles. The standard InChI is InChI=1S/C17H30N4/c1-4-8-18-11-16-6-7-17(19-12-16)14-21-10-5-9-20(3)13-15(21)2/h6-7,12,15,18H,4-5,8-11,13-14H2,1-3H3. The largest absolute Gasteiger partial charge is 0.313 e. The van der Waals surface area contributed by atoms with E-state index >= 15 is 0 Å². The lowest BCUT2D eigenvalue weighted by Crippen LogP contribution is -2.37. The van der Waals surface area contributed by atoms with Crippen LogP contribution in [0.1, 0.15) is 37.9 Å². The molecule has 2 rings (SSSR count). The van der Waals surface area contributed by atoms with E-state index in [0.29, 0.717) is 6.04 Å². The molecule has 0 saturated carbocycles. The average molecular weight is 290 g/mol. The van der Waals surface area contributed by atoms with Crippen LogP contribution in [0.25, 0.3) is 0 Å². The van der Waals surface area contributed by atoms with Gasteiger partial charge in [-0.05, 0) is 51.5 Å². The Morgan fingerprint density at radius 3 is 2.90 bits per heavy atom. The van der Waals surface area contributed by atoms with Gasteiger partial charge in [-0.3, -0.25) is 9.88 Å². The van der Waals surface area contributed by atoms with Gasteiger partial charge in [-0.1, -0.05) is 13.0 Å². The van der Waals surface area contributed by atoms with Crippen molar-refractivity contribution >= 4 is 0 Å². The van der Waals surface area contributed by atoms with Crippen molar-refractivity contribution in [3.63, 3.8) is 0 Å². The fourth-order valence-electron chi connectivity index (χ4n) is 2.93. The van der Waals surface area contributed by atoms with E-state index in [4.69, 9.17) is 0 Å². The number of hydrogen-bond donors (Lipinski definition) is 1. The molecule has 1 aliphatic heterocycles. The molecule has 1 aliphatic rings. The van der Waals surface area contributed by atoms with Gasteiger partial charge in [0.25, 0.3) is 0 Å². The molecule has 0 spiro atoms. The Hall–Kier alpha value is -0.970. The van der Waals surface area contributed by atoms with Crippen LogP contribution in [0, 0.1) is 0 Å². The predicted octanol–water partition coefficient (Wildman–Crippen LogP) is 2.11. The van der Waals surface area contributed by atoms with Gasteiger partial charge >= 0.3 is 0 Å². The summed E-state index contributed by atoms with van der Waals surface area (Å²) in [6.07, 6.45) is 4.44. The topological polar surface area (TPSA) is 31.4 Å². The van der Waals surface area contributed by atoms with Gasteiger partial charge < -0.3 is 10.2 Å². The quantitative estimate of drug-likeness (QED) is 0.813. The second kappa shape index (κ2) is 8.47. The molecular formula is C17H30N4. The molecule has 0 aromatic carbocycles. The number of pyridine rings is 1. The van der Waals surface area contributed by atoms with Crippen LogP contribution in [0.3, 0.4) is 0 Å². The summed E-state index contributed by atoms with van der Waals surface area (Å²) in [6, 6.07) is 4.99. The lowest BCUT2D eigenvalue weighted by Gasteiger charge is -2.27. The van der Waals surface area contributed by atoms with E-state index in [-0.39, 0.29) is 0 Å². The van der Waals surface area contributed by atoms with E-state index in [2.05, 4.69) is 53.1 Å². The van der Waals surface area contributed by atoms with E-state index in [1.54, 1.807) is 0 Å². The highest BCUT2D eigenvalue weighted by molar-refractivity contribution is 5.14. The number of nitrogens with one attached hydrogen (secondary N) is 1. The first kappa shape index (κ1) is 16.4. The SMILES string of the molecule is CCCNCc1ccc(CN2CCCN(C)CC2C)nc1. The average Bonchev–Trinajstić information content (AvgIpc) is 2.62. The minimum atomic E-state index is 0.602. The van der Waals surface area contributed by atoms with Crippen LogP contribution in [-0.4, -0.2) is 54.1 Å². The summed E-state index contributed by atoms with van der Waals surface area (Å²) in [5.74, 6) is 0. The summed E-state index contributed by atoms with van der Waals surface area (Å²) >= 11 is 0. The van der Waals surface area contributed by atoms with Gasteiger partial charge in [0.05, 0.1) is 5.69 Å². The Morgan fingerprint density at radius 2 is 2.19 bits per heavy atom. The second-order valence-corrected chi connectivity index (χ2v) is 6.27. The molecule has 1 unspecified atom stereocenters. The predicted molar refractivity (Wildman–Crippen MR) is 88.2 cm³/mol. The van der Waals surface area contributed by atoms with Crippen molar-refractivity contribution in [3.05, 3.63) is 29.6 Å². The van der Waals surface area contributed by atoms with Gasteiger partial charge in [0.15, 0.2) is 0 Å². The van der Waals surface area contributed by atoms with Crippen LogP contribution in [0.5, 0.6) is 0 Å². The Balaban J connectivity index is 1.87. The highest BCUT2D eigenvalue weighted by atomic mass is 15.2. The molecule has 4 heteroatoms. The smallest absolute Gasteiger partial charge is 0.0544 e. The van der Waals surface area contributed by atoms with Gasteiger partial charge in [-0.15, -0.1) is 0 Å². The first-order valence-corrected chi connectivity index (χ1v) is 8.26. The first-order chi connectivity index (χ1) is 10.2. The fourth-order valence-corrected chi connectivity index (χ4v) is 2.93. The molecule has 1 aromatic heterocycles. The molecule has 1 fully saturated rings. The monoisotopic (exact) mass is 290 g/mol. The highest BCUT2D eigenvalue weighted by Crippen LogP contribution is 2.12. The maximum Gasteiger partial charge on any atom is 0.0544 e. The van der Waals surface area contributed by atoms with E-state index in [1.807, 2.05) is 6.20 Å². The summed E-state index contributed by atoms with van der Waals surface area (Å²) in [5, 5.41) is 3.42. The molecule has 0 radical (unpaired) electrons. The highest BCUT2D eigenvalue weighted by Gasteiger charge is 2.19. The first-order valence-electron chi connectivity index (χ1n) is 8.26. The van der Waals surface area contributed by atoms with Crippen LogP contribution < -0.4 is 5.32 Å². The Bertz CT molecular complexity index is 404. The van der Waals surface area contributed by atoms with Crippen LogP contribution in [0.15, 0.2) is 18.3 Å². The summed E-state index contributed by atoms with van der Waals surface area (Å²) in [7, 11) is 2.22. The maximum atomic E-state index is 4.64. The van der Waals surface area contributed by atoms with Gasteiger partial charge in [-0.2, -0.15) is 0 Å². The number of nitrogens with zero attached hydrogens (tertiary/aromatic N) is 3. The molecule has 0 aliphatic carbocycles. The molecule has 0 amide bonds. The van der Waals surface area contributed by atoms with Gasteiger partial charge in [0.1, 0.15) is 0 Å². The molecule has 0 bridgehead atoms. The molecule has 118 valence electrons. The van der Waals surface area contributed by atoms with Crippen molar-refractivity contribution in [1.82, 2.24) is 20.1 Å². The zero-order valence-electron chi connectivity index (χ0n) is 13.8. The molecule has 1 N–H and O–H groups in total. The fraction of sp³-hybridized carbons (Fsp3) is 0.706. The van der Waals surface area contributed by atoms with Gasteiger partial charge in [0, 0.05) is 38.4 Å². The summed E-state index contributed by atoms with van der Waals surface area (Å²) in [4.78, 5) is 9.63. The third kappa shape index (κ3) is 5.38. The molecule has 4 nitrogen and oxygen atoms in total. The van der Waals surface area contributed by atoms with E-state index in [9.17, 15) is 0 Å². The molecular weight excluding hydrogens is 260 g/mol. The van der Waals surface area contributed by atoms with E-state index in [0.717, 1.165) is 26.2 Å². The summed E-state index contributed by atoms with van der Waals surface area (Å²) in [5.41, 5.74) is 2.46. The maximum absolute atomic E-state index is 4.64. The third-order valence-corrected chi connectivity index (χ3v) is 4.19. The van der Waals surface area contributed by atoms with E-state index < -0.39 is 0 Å². The Kier molecular flexibility index (Phi) is 6.61. The van der Waals surface area contributed by atoms with Gasteiger partial charge in [-0.25, -0.2) is 0 Å². The van der Waals surface area contributed by atoms with Crippen molar-refractivity contribution in [1.29, 1.82) is 0 Å². The lowest BCUT2D eigenvalue weighted by atomic mass is 10.2.